The van der Waals surface area contributed by atoms with Crippen molar-refractivity contribution in [3.8, 4) is 5.75 Å². The van der Waals surface area contributed by atoms with E-state index in [4.69, 9.17) is 4.74 Å². The van der Waals surface area contributed by atoms with Gasteiger partial charge in [-0.2, -0.15) is 0 Å². The van der Waals surface area contributed by atoms with Gasteiger partial charge < -0.3 is 25.2 Å². The zero-order valence-corrected chi connectivity index (χ0v) is 18.8. The van der Waals surface area contributed by atoms with Gasteiger partial charge in [-0.25, -0.2) is 4.39 Å². The second-order valence-corrected chi connectivity index (χ2v) is 7.58. The lowest BCUT2D eigenvalue weighted by Gasteiger charge is -2.36. The summed E-state index contributed by atoms with van der Waals surface area (Å²) in [6.07, 6.45) is 1.21. The molecule has 1 aliphatic heterocycles. The molecular weight excluding hydrogens is 409 g/mol. The molecule has 3 rings (SSSR count). The van der Waals surface area contributed by atoms with E-state index in [2.05, 4.69) is 20.5 Å². The Morgan fingerprint density at radius 1 is 1.03 bits per heavy atom. The fourth-order valence-corrected chi connectivity index (χ4v) is 3.76. The smallest absolute Gasteiger partial charge is 0.224 e. The van der Waals surface area contributed by atoms with Crippen molar-refractivity contribution >= 4 is 17.6 Å². The molecule has 0 bridgehead atoms. The van der Waals surface area contributed by atoms with Crippen LogP contribution < -0.4 is 20.3 Å². The Balaban J connectivity index is 1.35. The first-order valence-electron chi connectivity index (χ1n) is 11.0. The highest BCUT2D eigenvalue weighted by molar-refractivity contribution is 5.81. The third-order valence-electron chi connectivity index (χ3n) is 5.56. The maximum absolute atomic E-state index is 13.1. The Hall–Kier alpha value is -3.29. The number of nitrogens with zero attached hydrogens (tertiary/aromatic N) is 3. The summed E-state index contributed by atoms with van der Waals surface area (Å²) in [5.74, 6) is 1.44. The summed E-state index contributed by atoms with van der Waals surface area (Å²) in [6, 6.07) is 14.4. The van der Waals surface area contributed by atoms with Crippen molar-refractivity contribution in [2.75, 3.05) is 58.3 Å². The number of carbonyl (C=O) groups is 1. The predicted molar refractivity (Wildman–Crippen MR) is 126 cm³/mol. The Morgan fingerprint density at radius 3 is 2.41 bits per heavy atom. The molecule has 1 heterocycles. The number of carbonyl (C=O) groups excluding carboxylic acids is 1. The summed E-state index contributed by atoms with van der Waals surface area (Å²) in [6.45, 7) is 4.06. The second kappa shape index (κ2) is 11.9. The van der Waals surface area contributed by atoms with Gasteiger partial charge in [0, 0.05) is 58.4 Å². The molecule has 0 unspecified atom stereocenters. The monoisotopic (exact) mass is 441 g/mol. The average Bonchev–Trinajstić information content (AvgIpc) is 2.84. The quantitative estimate of drug-likeness (QED) is 0.486. The van der Waals surface area contributed by atoms with Crippen LogP contribution >= 0.6 is 0 Å². The number of rotatable bonds is 8. The van der Waals surface area contributed by atoms with Gasteiger partial charge in [0.2, 0.25) is 5.91 Å². The Kier molecular flexibility index (Phi) is 8.71. The molecule has 1 amide bonds. The second-order valence-electron chi connectivity index (χ2n) is 7.58. The van der Waals surface area contributed by atoms with E-state index >= 15 is 0 Å². The normalized spacial score (nSPS) is 14.3. The van der Waals surface area contributed by atoms with E-state index in [9.17, 15) is 9.18 Å². The number of anilines is 1. The van der Waals surface area contributed by atoms with E-state index in [1.807, 2.05) is 29.2 Å². The van der Waals surface area contributed by atoms with Crippen molar-refractivity contribution in [3.05, 3.63) is 59.9 Å². The maximum atomic E-state index is 13.1. The van der Waals surface area contributed by atoms with Crippen LogP contribution in [-0.4, -0.2) is 70.2 Å². The number of ether oxygens (including phenoxy) is 1. The summed E-state index contributed by atoms with van der Waals surface area (Å²) in [7, 11) is 3.39. The van der Waals surface area contributed by atoms with Crippen molar-refractivity contribution in [1.29, 1.82) is 0 Å². The Bertz CT molecular complexity index is 896. The molecule has 1 fully saturated rings. The average molecular weight is 442 g/mol. The number of amides is 1. The lowest BCUT2D eigenvalue weighted by molar-refractivity contribution is -0.131. The lowest BCUT2D eigenvalue weighted by atomic mass is 10.1. The van der Waals surface area contributed by atoms with Crippen LogP contribution in [0.25, 0.3) is 0 Å². The number of nitrogens with one attached hydrogen (secondary N) is 2. The molecule has 7 nitrogen and oxygen atoms in total. The molecule has 0 saturated carbocycles. The van der Waals surface area contributed by atoms with Crippen LogP contribution in [0, 0.1) is 5.82 Å². The summed E-state index contributed by atoms with van der Waals surface area (Å²) in [5, 5.41) is 6.48. The van der Waals surface area contributed by atoms with Crippen molar-refractivity contribution in [2.24, 2.45) is 4.99 Å². The van der Waals surface area contributed by atoms with E-state index in [-0.39, 0.29) is 11.7 Å². The minimum Gasteiger partial charge on any atom is -0.496 e. The Labute approximate surface area is 189 Å². The summed E-state index contributed by atoms with van der Waals surface area (Å²) >= 11 is 0. The zero-order chi connectivity index (χ0) is 22.8. The summed E-state index contributed by atoms with van der Waals surface area (Å²) in [4.78, 5) is 20.9. The van der Waals surface area contributed by atoms with Crippen LogP contribution in [0.2, 0.25) is 0 Å². The largest absolute Gasteiger partial charge is 0.496 e. The maximum Gasteiger partial charge on any atom is 0.224 e. The van der Waals surface area contributed by atoms with Crippen molar-refractivity contribution in [2.45, 2.75) is 12.8 Å². The van der Waals surface area contributed by atoms with Crippen LogP contribution in [0.1, 0.15) is 12.0 Å². The molecule has 0 aromatic heterocycles. The number of hydrogen-bond acceptors (Lipinski definition) is 4. The third-order valence-corrected chi connectivity index (χ3v) is 5.56. The molecular formula is C24H32FN5O2. The molecule has 2 aromatic carbocycles. The third kappa shape index (κ3) is 6.60. The number of methoxy groups -OCH3 is 1. The van der Waals surface area contributed by atoms with Gasteiger partial charge in [0.1, 0.15) is 11.6 Å². The van der Waals surface area contributed by atoms with Gasteiger partial charge in [0.25, 0.3) is 0 Å². The SMILES string of the molecule is CN=C(NCCC(=O)N1CCN(c2ccc(F)cc2)CC1)NCCc1ccccc1OC. The molecule has 2 N–H and O–H groups in total. The molecule has 8 heteroatoms. The topological polar surface area (TPSA) is 69.2 Å². The lowest BCUT2D eigenvalue weighted by Crippen LogP contribution is -2.49. The fraction of sp³-hybridized carbons (Fsp3) is 0.417. The van der Waals surface area contributed by atoms with Crippen molar-refractivity contribution in [1.82, 2.24) is 15.5 Å². The molecule has 1 saturated heterocycles. The minimum absolute atomic E-state index is 0.126. The highest BCUT2D eigenvalue weighted by Crippen LogP contribution is 2.18. The van der Waals surface area contributed by atoms with Crippen LogP contribution in [0.4, 0.5) is 10.1 Å². The van der Waals surface area contributed by atoms with Crippen LogP contribution in [0.5, 0.6) is 5.75 Å². The van der Waals surface area contributed by atoms with E-state index in [1.54, 1.807) is 26.3 Å². The predicted octanol–water partition coefficient (Wildman–Crippen LogP) is 2.28. The number of benzene rings is 2. The van der Waals surface area contributed by atoms with E-state index in [1.165, 1.54) is 12.1 Å². The van der Waals surface area contributed by atoms with Crippen molar-refractivity contribution in [3.63, 3.8) is 0 Å². The zero-order valence-electron chi connectivity index (χ0n) is 18.8. The van der Waals surface area contributed by atoms with Gasteiger partial charge in [-0.15, -0.1) is 0 Å². The van der Waals surface area contributed by atoms with E-state index < -0.39 is 0 Å². The van der Waals surface area contributed by atoms with Gasteiger partial charge in [0.15, 0.2) is 5.96 Å². The Morgan fingerprint density at radius 2 is 1.72 bits per heavy atom. The highest BCUT2D eigenvalue weighted by atomic mass is 19.1. The molecule has 0 radical (unpaired) electrons. The van der Waals surface area contributed by atoms with E-state index in [0.29, 0.717) is 38.6 Å². The van der Waals surface area contributed by atoms with Crippen LogP contribution in [0.3, 0.4) is 0 Å². The molecule has 0 atom stereocenters. The molecule has 1 aliphatic rings. The van der Waals surface area contributed by atoms with Gasteiger partial charge in [0.05, 0.1) is 7.11 Å². The first kappa shape index (κ1) is 23.4. The van der Waals surface area contributed by atoms with Gasteiger partial charge >= 0.3 is 0 Å². The van der Waals surface area contributed by atoms with Crippen molar-refractivity contribution < 1.29 is 13.9 Å². The van der Waals surface area contributed by atoms with Crippen LogP contribution in [-0.2, 0) is 11.2 Å². The summed E-state index contributed by atoms with van der Waals surface area (Å²) < 4.78 is 18.5. The minimum atomic E-state index is -0.237. The standard InChI is InChI=1S/C24H32FN5O2/c1-26-24(27-13-11-19-5-3-4-6-22(19)32-2)28-14-12-23(31)30-17-15-29(16-18-30)21-9-7-20(25)8-10-21/h3-10H,11-18H2,1-2H3,(H2,26,27,28). The van der Waals surface area contributed by atoms with Crippen LogP contribution in [0.15, 0.2) is 53.5 Å². The first-order valence-corrected chi connectivity index (χ1v) is 11.0. The summed E-state index contributed by atoms with van der Waals surface area (Å²) in [5.41, 5.74) is 2.12. The number of para-hydroxylation sites is 1. The number of piperazine rings is 1. The van der Waals surface area contributed by atoms with Gasteiger partial charge in [-0.05, 0) is 42.3 Å². The molecule has 0 spiro atoms. The number of halogens is 1. The molecule has 0 aliphatic carbocycles. The molecule has 2 aromatic rings. The first-order chi connectivity index (χ1) is 15.6. The molecule has 172 valence electrons. The van der Waals surface area contributed by atoms with Gasteiger partial charge in [-0.1, -0.05) is 18.2 Å². The van der Waals surface area contributed by atoms with Gasteiger partial charge in [-0.3, -0.25) is 9.79 Å². The fourth-order valence-electron chi connectivity index (χ4n) is 3.76. The number of hydrogen-bond donors (Lipinski definition) is 2. The van der Waals surface area contributed by atoms with E-state index in [0.717, 1.165) is 36.5 Å². The number of guanidine groups is 1. The molecule has 32 heavy (non-hydrogen) atoms. The number of aliphatic imine (C=N–C) groups is 1. The highest BCUT2D eigenvalue weighted by Gasteiger charge is 2.21.